The van der Waals surface area contributed by atoms with E-state index in [0.717, 1.165) is 63.5 Å². The highest BCUT2D eigenvalue weighted by atomic mass is 16.3. The van der Waals surface area contributed by atoms with Gasteiger partial charge in [0.05, 0.1) is 0 Å². The number of nitrogens with zero attached hydrogens (tertiary/aromatic N) is 1. The number of hydrogen-bond donors (Lipinski definition) is 0. The second-order valence-electron chi connectivity index (χ2n) is 19.3. The van der Waals surface area contributed by atoms with Crippen LogP contribution in [0.25, 0.3) is 67.0 Å². The Labute approximate surface area is 356 Å². The lowest BCUT2D eigenvalue weighted by Crippen LogP contribution is -2.30. The van der Waals surface area contributed by atoms with Gasteiger partial charge in [0.2, 0.25) is 0 Å². The van der Waals surface area contributed by atoms with Gasteiger partial charge in [0.1, 0.15) is 22.5 Å². The average Bonchev–Trinajstić information content (AvgIpc) is 3.99. The van der Waals surface area contributed by atoms with Crippen LogP contribution in [0.15, 0.2) is 161 Å². The van der Waals surface area contributed by atoms with Crippen molar-refractivity contribution in [3.63, 3.8) is 0 Å². The Balaban J connectivity index is 0.920. The molecule has 0 saturated heterocycles. The molecule has 296 valence electrons. The molecule has 61 heavy (non-hydrogen) atoms. The normalized spacial score (nSPS) is 21.4. The molecule has 4 atom stereocenters. The summed E-state index contributed by atoms with van der Waals surface area (Å²) >= 11 is 0. The van der Waals surface area contributed by atoms with Crippen LogP contribution < -0.4 is 4.90 Å². The summed E-state index contributed by atoms with van der Waals surface area (Å²) < 4.78 is 13.5. The fraction of sp³-hybridized carbons (Fsp3) is 0.207. The summed E-state index contributed by atoms with van der Waals surface area (Å²) in [5.41, 5.74) is 15.7. The second kappa shape index (κ2) is 12.5. The summed E-state index contributed by atoms with van der Waals surface area (Å²) in [5, 5.41) is 6.25. The zero-order chi connectivity index (χ0) is 40.8. The zero-order valence-corrected chi connectivity index (χ0v) is 35.1. The van der Waals surface area contributed by atoms with Crippen LogP contribution in [0.3, 0.4) is 0 Å². The number of anilines is 3. The minimum atomic E-state index is -0.0897. The van der Waals surface area contributed by atoms with E-state index in [2.05, 4.69) is 196 Å². The molecule has 1 fully saturated rings. The van der Waals surface area contributed by atoms with Gasteiger partial charge >= 0.3 is 0 Å². The molecule has 7 aromatic carbocycles. The van der Waals surface area contributed by atoms with E-state index in [1.807, 2.05) is 0 Å². The largest absolute Gasteiger partial charge is 0.456 e. The SMILES string of the molecule is CC1(C)c2c(ccc3oc4ccccc4c23)C2C1C1c3c(oc4c(-c5ccc(N(c6ccc7c(c6)C=CCC7)c6ccc7ccccc7c6)cc5)cccc34)C=CC1C2(C)C. The Bertz CT molecular complexity index is 3350. The molecule has 0 radical (unpaired) electrons. The van der Waals surface area contributed by atoms with Crippen LogP contribution in [0.5, 0.6) is 0 Å². The van der Waals surface area contributed by atoms with Crippen LogP contribution >= 0.6 is 0 Å². The maximum Gasteiger partial charge on any atom is 0.142 e. The molecule has 4 unspecified atom stereocenters. The molecule has 0 spiro atoms. The highest BCUT2D eigenvalue weighted by molar-refractivity contribution is 6.08. The van der Waals surface area contributed by atoms with Gasteiger partial charge < -0.3 is 13.7 Å². The minimum absolute atomic E-state index is 0.0432. The molecule has 0 aliphatic heterocycles. The Morgan fingerprint density at radius 1 is 0.639 bits per heavy atom. The van der Waals surface area contributed by atoms with Crippen molar-refractivity contribution in [3.8, 4) is 11.1 Å². The van der Waals surface area contributed by atoms with Gasteiger partial charge in [-0.1, -0.05) is 137 Å². The molecular weight excluding hydrogens is 743 g/mol. The van der Waals surface area contributed by atoms with E-state index < -0.39 is 0 Å². The monoisotopic (exact) mass is 789 g/mol. The van der Waals surface area contributed by atoms with Crippen molar-refractivity contribution in [1.82, 2.24) is 0 Å². The van der Waals surface area contributed by atoms with Gasteiger partial charge in [-0.15, -0.1) is 0 Å². The standard InChI is InChI=1S/C58H47NO2/c1-57(2)46-29-31-48-50(52(46)55-54(57)45-28-30-49-51(53(45)58(55,3)4)43-16-9-10-19-47(43)60-49)44-18-11-17-42(56(44)61-48)36-22-24-39(25-23-36)59(40-26-20-34-12-5-7-14-37(34)32-40)41-27-21-35-13-6-8-15-38(35)33-41/h5,7-12,14-33,46,52,54-55H,6,13H2,1-4H3. The van der Waals surface area contributed by atoms with Crippen LogP contribution in [-0.4, -0.2) is 0 Å². The summed E-state index contributed by atoms with van der Waals surface area (Å²) in [4.78, 5) is 2.40. The van der Waals surface area contributed by atoms with E-state index >= 15 is 0 Å². The van der Waals surface area contributed by atoms with Crippen molar-refractivity contribution in [2.45, 2.75) is 57.8 Å². The summed E-state index contributed by atoms with van der Waals surface area (Å²) in [6, 6.07) is 51.5. The zero-order valence-electron chi connectivity index (χ0n) is 35.1. The number of hydrogen-bond acceptors (Lipinski definition) is 3. The highest BCUT2D eigenvalue weighted by Crippen LogP contribution is 2.73. The second-order valence-corrected chi connectivity index (χ2v) is 19.3. The maximum absolute atomic E-state index is 7.05. The van der Waals surface area contributed by atoms with Crippen LogP contribution in [0.2, 0.25) is 0 Å². The maximum atomic E-state index is 7.05. The van der Waals surface area contributed by atoms with Crippen LogP contribution in [-0.2, 0) is 11.8 Å². The fourth-order valence-corrected chi connectivity index (χ4v) is 12.9. The van der Waals surface area contributed by atoms with E-state index in [0.29, 0.717) is 23.7 Å². The first-order valence-corrected chi connectivity index (χ1v) is 22.1. The van der Waals surface area contributed by atoms with Crippen molar-refractivity contribution < 1.29 is 8.83 Å². The third-order valence-electron chi connectivity index (χ3n) is 15.4. The number of allylic oxidation sites excluding steroid dienone is 2. The van der Waals surface area contributed by atoms with Gasteiger partial charge in [-0.3, -0.25) is 0 Å². The van der Waals surface area contributed by atoms with Gasteiger partial charge in [-0.05, 0) is 141 Å². The summed E-state index contributed by atoms with van der Waals surface area (Å²) in [7, 11) is 0. The highest BCUT2D eigenvalue weighted by Gasteiger charge is 2.65. The van der Waals surface area contributed by atoms with E-state index in [4.69, 9.17) is 8.83 Å². The molecule has 0 bridgehead atoms. The van der Waals surface area contributed by atoms with Crippen LogP contribution in [0.4, 0.5) is 17.1 Å². The first-order valence-electron chi connectivity index (χ1n) is 22.1. The van der Waals surface area contributed by atoms with Gasteiger partial charge in [0.15, 0.2) is 0 Å². The molecule has 3 nitrogen and oxygen atoms in total. The molecule has 1 saturated carbocycles. The Morgan fingerprint density at radius 3 is 2.30 bits per heavy atom. The van der Waals surface area contributed by atoms with Crippen molar-refractivity contribution in [1.29, 1.82) is 0 Å². The van der Waals surface area contributed by atoms with Gasteiger partial charge in [-0.2, -0.15) is 0 Å². The van der Waals surface area contributed by atoms with Crippen LogP contribution in [0, 0.1) is 17.3 Å². The van der Waals surface area contributed by atoms with Crippen molar-refractivity contribution in [3.05, 3.63) is 185 Å². The van der Waals surface area contributed by atoms with Crippen molar-refractivity contribution in [2.24, 2.45) is 17.3 Å². The lowest BCUT2D eigenvalue weighted by atomic mass is 9.66. The number of aryl methyl sites for hydroxylation is 1. The molecule has 2 heterocycles. The molecule has 4 aliphatic carbocycles. The van der Waals surface area contributed by atoms with E-state index in [9.17, 15) is 0 Å². The molecule has 3 heteroatoms. The van der Waals surface area contributed by atoms with E-state index in [1.54, 1.807) is 0 Å². The average molecular weight is 790 g/mol. The van der Waals surface area contributed by atoms with Crippen molar-refractivity contribution >= 4 is 72.9 Å². The van der Waals surface area contributed by atoms with Gasteiger partial charge in [0.25, 0.3) is 0 Å². The number of para-hydroxylation sites is 2. The summed E-state index contributed by atoms with van der Waals surface area (Å²) in [6.45, 7) is 10.0. The smallest absolute Gasteiger partial charge is 0.142 e. The number of rotatable bonds is 4. The first kappa shape index (κ1) is 35.2. The quantitative estimate of drug-likeness (QED) is 0.178. The lowest BCUT2D eigenvalue weighted by molar-refractivity contribution is 0.249. The molecule has 4 aliphatic rings. The molecule has 0 amide bonds. The molecule has 9 aromatic rings. The summed E-state index contributed by atoms with van der Waals surface area (Å²) in [6.07, 6.45) is 11.5. The van der Waals surface area contributed by atoms with Gasteiger partial charge in [0, 0.05) is 44.3 Å². The van der Waals surface area contributed by atoms with Crippen molar-refractivity contribution in [2.75, 3.05) is 4.90 Å². The van der Waals surface area contributed by atoms with E-state index in [-0.39, 0.29) is 10.8 Å². The number of fused-ring (bicyclic) bond motifs is 15. The topological polar surface area (TPSA) is 29.5 Å². The molecular formula is C58H47NO2. The summed E-state index contributed by atoms with van der Waals surface area (Å²) in [5.74, 6) is 2.53. The number of benzene rings is 7. The fourth-order valence-electron chi connectivity index (χ4n) is 12.9. The number of furan rings is 2. The van der Waals surface area contributed by atoms with E-state index in [1.165, 1.54) is 54.7 Å². The predicted octanol–water partition coefficient (Wildman–Crippen LogP) is 16.0. The Morgan fingerprint density at radius 2 is 1.41 bits per heavy atom. The lowest BCUT2D eigenvalue weighted by Gasteiger charge is -2.36. The Hall–Kier alpha value is -6.58. The minimum Gasteiger partial charge on any atom is -0.456 e. The molecule has 2 aromatic heterocycles. The predicted molar refractivity (Wildman–Crippen MR) is 253 cm³/mol. The van der Waals surface area contributed by atoms with Crippen LogP contribution in [0.1, 0.15) is 79.5 Å². The molecule has 13 rings (SSSR count). The first-order chi connectivity index (χ1) is 29.8. The third kappa shape index (κ3) is 4.86. The third-order valence-corrected chi connectivity index (χ3v) is 15.4. The van der Waals surface area contributed by atoms with Gasteiger partial charge in [-0.25, -0.2) is 0 Å². The molecule has 0 N–H and O–H groups in total. The Kier molecular flexibility index (Phi) is 7.21.